The lowest BCUT2D eigenvalue weighted by molar-refractivity contribution is -0.144. The number of nitrogens with zero attached hydrogens (tertiary/aromatic N) is 2. The highest BCUT2D eigenvalue weighted by atomic mass is 32.1. The lowest BCUT2D eigenvalue weighted by atomic mass is 9.85. The molecule has 276 valence electrons. The molecule has 0 bridgehead atoms. The van der Waals surface area contributed by atoms with Gasteiger partial charge in [-0.25, -0.2) is 9.78 Å². The molecule has 0 saturated carbocycles. The van der Waals surface area contributed by atoms with E-state index >= 15 is 0 Å². The molecule has 2 aromatic carbocycles. The summed E-state index contributed by atoms with van der Waals surface area (Å²) in [6.07, 6.45) is 1.79. The van der Waals surface area contributed by atoms with Crippen molar-refractivity contribution in [2.24, 2.45) is 5.41 Å². The summed E-state index contributed by atoms with van der Waals surface area (Å²) in [7, 11) is 1.35. The zero-order chi connectivity index (χ0) is 37.1. The number of esters is 1. The number of aliphatic hydroxyl groups is 1. The van der Waals surface area contributed by atoms with E-state index in [1.54, 1.807) is 23.5 Å². The average Bonchev–Trinajstić information content (AvgIpc) is 3.72. The fourth-order valence-corrected chi connectivity index (χ4v) is 6.78. The maximum absolute atomic E-state index is 13.9. The molecule has 0 spiro atoms. The molecule has 4 atom stereocenters. The van der Waals surface area contributed by atoms with Crippen LogP contribution in [0, 0.1) is 12.3 Å². The first-order chi connectivity index (χ1) is 24.3. The molecule has 2 heterocycles. The minimum Gasteiger partial charge on any atom is -0.465 e. The number of carbonyl (C=O) groups excluding carboxylic acids is 4. The van der Waals surface area contributed by atoms with Gasteiger partial charge in [-0.3, -0.25) is 14.4 Å². The second-order valence-corrected chi connectivity index (χ2v) is 14.8. The average molecular weight is 722 g/mol. The Bertz CT molecular complexity index is 1620. The van der Waals surface area contributed by atoms with Crippen LogP contribution in [-0.2, 0) is 23.9 Å². The van der Waals surface area contributed by atoms with Crippen LogP contribution in [-0.4, -0.2) is 90.3 Å². The van der Waals surface area contributed by atoms with E-state index in [0.29, 0.717) is 12.2 Å². The van der Waals surface area contributed by atoms with E-state index in [-0.39, 0.29) is 37.5 Å². The second kappa shape index (κ2) is 18.2. The van der Waals surface area contributed by atoms with Crippen molar-refractivity contribution in [1.82, 2.24) is 20.5 Å². The van der Waals surface area contributed by atoms with Gasteiger partial charge in [-0.1, -0.05) is 45.0 Å². The number of thiazole rings is 1. The molecule has 1 aliphatic rings. The highest BCUT2D eigenvalue weighted by molar-refractivity contribution is 7.13. The number of aliphatic hydroxyl groups excluding tert-OH is 1. The summed E-state index contributed by atoms with van der Waals surface area (Å²) in [6, 6.07) is 12.9. The van der Waals surface area contributed by atoms with Crippen LogP contribution in [0.1, 0.15) is 81.0 Å². The molecule has 0 aliphatic carbocycles. The van der Waals surface area contributed by atoms with Gasteiger partial charge >= 0.3 is 5.97 Å². The highest BCUT2D eigenvalue weighted by Gasteiger charge is 2.44. The molecule has 12 nitrogen and oxygen atoms in total. The van der Waals surface area contributed by atoms with Crippen molar-refractivity contribution in [1.29, 1.82) is 0 Å². The Morgan fingerprint density at radius 1 is 1.02 bits per heavy atom. The molecule has 0 unspecified atom stereocenters. The van der Waals surface area contributed by atoms with Crippen molar-refractivity contribution in [2.75, 3.05) is 38.7 Å². The number of aromatic nitrogens is 1. The molecule has 1 aliphatic heterocycles. The van der Waals surface area contributed by atoms with E-state index < -0.39 is 35.4 Å². The SMILES string of the molecule is COC(=O)c1ccc(NCCCCCOCC(=O)N[C@H](C(=O)N2C[C@H](O)C[C@H]2C(=O)N[C@@H](C)c2ccc(-c3scnc3C)cc2)C(C)(C)C)cc1. The lowest BCUT2D eigenvalue weighted by Crippen LogP contribution is -2.58. The maximum Gasteiger partial charge on any atom is 0.337 e. The molecule has 1 saturated heterocycles. The predicted octanol–water partition coefficient (Wildman–Crippen LogP) is 4.87. The predicted molar refractivity (Wildman–Crippen MR) is 197 cm³/mol. The van der Waals surface area contributed by atoms with E-state index in [2.05, 4.69) is 20.9 Å². The molecule has 4 rings (SSSR count). The summed E-state index contributed by atoms with van der Waals surface area (Å²) in [5, 5.41) is 19.7. The molecular weight excluding hydrogens is 671 g/mol. The first-order valence-electron chi connectivity index (χ1n) is 17.4. The van der Waals surface area contributed by atoms with Crippen molar-refractivity contribution in [3.05, 3.63) is 70.9 Å². The monoisotopic (exact) mass is 721 g/mol. The van der Waals surface area contributed by atoms with Gasteiger partial charge in [0.05, 0.1) is 40.9 Å². The Morgan fingerprint density at radius 2 is 1.73 bits per heavy atom. The summed E-state index contributed by atoms with van der Waals surface area (Å²) < 4.78 is 10.3. The third kappa shape index (κ3) is 11.1. The Hall–Kier alpha value is -4.33. The first kappa shape index (κ1) is 39.5. The molecule has 51 heavy (non-hydrogen) atoms. The molecule has 13 heteroatoms. The van der Waals surface area contributed by atoms with Crippen LogP contribution >= 0.6 is 11.3 Å². The van der Waals surface area contributed by atoms with Crippen LogP contribution in [0.5, 0.6) is 0 Å². The molecule has 1 fully saturated rings. The second-order valence-electron chi connectivity index (χ2n) is 14.0. The number of rotatable bonds is 16. The van der Waals surface area contributed by atoms with E-state index in [4.69, 9.17) is 9.47 Å². The topological polar surface area (TPSA) is 159 Å². The Labute approximate surface area is 304 Å². The van der Waals surface area contributed by atoms with Crippen LogP contribution in [0.25, 0.3) is 10.4 Å². The van der Waals surface area contributed by atoms with Crippen molar-refractivity contribution < 1.29 is 33.8 Å². The number of anilines is 1. The third-order valence-electron chi connectivity index (χ3n) is 8.89. The van der Waals surface area contributed by atoms with Crippen LogP contribution in [0.2, 0.25) is 0 Å². The number of nitrogens with one attached hydrogen (secondary N) is 3. The lowest BCUT2D eigenvalue weighted by Gasteiger charge is -2.35. The van der Waals surface area contributed by atoms with Crippen LogP contribution in [0.3, 0.4) is 0 Å². The Balaban J connectivity index is 1.22. The van der Waals surface area contributed by atoms with Gasteiger partial charge in [-0.15, -0.1) is 11.3 Å². The zero-order valence-corrected chi connectivity index (χ0v) is 31.2. The molecule has 1 aromatic heterocycles. The minimum absolute atomic E-state index is 0.000801. The van der Waals surface area contributed by atoms with Gasteiger partial charge in [-0.05, 0) is 73.9 Å². The number of carbonyl (C=O) groups is 4. The standard InChI is InChI=1S/C38H51N5O7S/c1-24(26-10-12-27(13-11-26)33-25(2)40-23-51-33)41-35(46)31-20-30(44)21-43(31)36(47)34(38(3,4)5)42-32(45)22-50-19-9-7-8-18-39-29-16-14-28(15-17-29)37(48)49-6/h10-17,23-24,30-31,34,39,44H,7-9,18-22H2,1-6H3,(H,41,46)(H,42,45)/t24-,30+,31-,34+/m0/s1. The fraction of sp³-hybridized carbons (Fsp3) is 0.500. The summed E-state index contributed by atoms with van der Waals surface area (Å²) in [5.74, 6) is -1.57. The van der Waals surface area contributed by atoms with Crippen molar-refractivity contribution in [3.8, 4) is 10.4 Å². The van der Waals surface area contributed by atoms with Crippen LogP contribution in [0.15, 0.2) is 54.0 Å². The third-order valence-corrected chi connectivity index (χ3v) is 9.87. The number of benzene rings is 2. The number of hydrogen-bond acceptors (Lipinski definition) is 10. The molecular formula is C38H51N5O7S. The van der Waals surface area contributed by atoms with Crippen LogP contribution in [0.4, 0.5) is 5.69 Å². The highest BCUT2D eigenvalue weighted by Crippen LogP contribution is 2.29. The van der Waals surface area contributed by atoms with Gasteiger partial charge < -0.3 is 35.4 Å². The Morgan fingerprint density at radius 3 is 2.35 bits per heavy atom. The van der Waals surface area contributed by atoms with Crippen molar-refractivity contribution in [2.45, 2.75) is 84.5 Å². The van der Waals surface area contributed by atoms with Gasteiger partial charge in [0.1, 0.15) is 18.7 Å². The number of methoxy groups -OCH3 is 1. The molecule has 3 amide bonds. The van der Waals surface area contributed by atoms with Crippen molar-refractivity contribution in [3.63, 3.8) is 0 Å². The van der Waals surface area contributed by atoms with Crippen molar-refractivity contribution >= 4 is 40.7 Å². The van der Waals surface area contributed by atoms with Crippen LogP contribution < -0.4 is 16.0 Å². The summed E-state index contributed by atoms with van der Waals surface area (Å²) in [4.78, 5) is 58.7. The van der Waals surface area contributed by atoms with E-state index in [1.165, 1.54) is 12.0 Å². The first-order valence-corrected chi connectivity index (χ1v) is 18.2. The number of hydrogen-bond donors (Lipinski definition) is 4. The minimum atomic E-state index is -0.929. The Kier molecular flexibility index (Phi) is 14.1. The number of aryl methyl sites for hydroxylation is 1. The van der Waals surface area contributed by atoms with Gasteiger partial charge in [0.2, 0.25) is 17.7 Å². The van der Waals surface area contributed by atoms with Gasteiger partial charge in [-0.2, -0.15) is 0 Å². The van der Waals surface area contributed by atoms with E-state index in [9.17, 15) is 24.3 Å². The normalized spacial score (nSPS) is 17.0. The van der Waals surface area contributed by atoms with Gasteiger partial charge in [0, 0.05) is 31.8 Å². The van der Waals surface area contributed by atoms with Gasteiger partial charge in [0.15, 0.2) is 0 Å². The molecule has 3 aromatic rings. The number of amides is 3. The number of likely N-dealkylation sites (tertiary alicyclic amines) is 1. The summed E-state index contributed by atoms with van der Waals surface area (Å²) >= 11 is 1.58. The van der Waals surface area contributed by atoms with E-state index in [0.717, 1.165) is 53.2 Å². The number of β-amino-alcohol motifs (C(OH)–C–C–N with tert-alkyl or cyclic N) is 1. The molecule has 0 radical (unpaired) electrons. The fourth-order valence-electron chi connectivity index (χ4n) is 5.96. The largest absolute Gasteiger partial charge is 0.465 e. The number of unbranched alkanes of at least 4 members (excludes halogenated alkanes) is 2. The smallest absolute Gasteiger partial charge is 0.337 e. The summed E-state index contributed by atoms with van der Waals surface area (Å²) in [5.41, 5.74) is 5.49. The number of ether oxygens (including phenoxy) is 2. The quantitative estimate of drug-likeness (QED) is 0.120. The summed E-state index contributed by atoms with van der Waals surface area (Å²) in [6.45, 7) is 10.3. The van der Waals surface area contributed by atoms with Gasteiger partial charge in [0.25, 0.3) is 0 Å². The molecule has 4 N–H and O–H groups in total. The zero-order valence-electron chi connectivity index (χ0n) is 30.4. The van der Waals surface area contributed by atoms with E-state index in [1.807, 2.05) is 76.5 Å². The maximum atomic E-state index is 13.9.